The van der Waals surface area contributed by atoms with Gasteiger partial charge in [-0.2, -0.15) is 0 Å². The summed E-state index contributed by atoms with van der Waals surface area (Å²) < 4.78 is 0. The van der Waals surface area contributed by atoms with Gasteiger partial charge in [-0.3, -0.25) is 0 Å². The second-order valence-corrected chi connectivity index (χ2v) is 10.8. The predicted molar refractivity (Wildman–Crippen MR) is 65.3 cm³/mol. The molecule has 0 aromatic heterocycles. The quantitative estimate of drug-likeness (QED) is 0.595. The van der Waals surface area contributed by atoms with Gasteiger partial charge >= 0.3 is 0 Å². The van der Waals surface area contributed by atoms with Gasteiger partial charge in [0.25, 0.3) is 0 Å². The third-order valence-electron chi connectivity index (χ3n) is 2.06. The zero-order chi connectivity index (χ0) is 9.03. The van der Waals surface area contributed by atoms with E-state index in [1.165, 1.54) is 5.19 Å². The predicted octanol–water partition coefficient (Wildman–Crippen LogP) is 2.84. The Morgan fingerprint density at radius 1 is 1.08 bits per heavy atom. The molecule has 0 radical (unpaired) electrons. The van der Waals surface area contributed by atoms with Crippen molar-refractivity contribution in [2.24, 2.45) is 0 Å². The summed E-state index contributed by atoms with van der Waals surface area (Å²) in [6, 6.07) is 10.8. The van der Waals surface area contributed by atoms with Gasteiger partial charge in [-0.25, -0.2) is 0 Å². The standard InChI is InChI=1S/C9H12Br2Si/c1-12(7-10,8-11)9-5-3-2-4-6-9/h2-6H,7-8H2,1H3. The summed E-state index contributed by atoms with van der Waals surface area (Å²) in [4.78, 5) is 2.24. The van der Waals surface area contributed by atoms with Crippen molar-refractivity contribution < 1.29 is 0 Å². The summed E-state index contributed by atoms with van der Waals surface area (Å²) in [5.41, 5.74) is 0. The molecule has 0 saturated heterocycles. The van der Waals surface area contributed by atoms with E-state index in [0.717, 1.165) is 9.91 Å². The van der Waals surface area contributed by atoms with Gasteiger partial charge in [0.15, 0.2) is 0 Å². The minimum atomic E-state index is -1.24. The smallest absolute Gasteiger partial charge is 0.0957 e. The van der Waals surface area contributed by atoms with Crippen LogP contribution in [0.1, 0.15) is 0 Å². The molecule has 0 amide bonds. The molecule has 1 aromatic carbocycles. The van der Waals surface area contributed by atoms with E-state index in [1.54, 1.807) is 0 Å². The van der Waals surface area contributed by atoms with E-state index in [9.17, 15) is 0 Å². The summed E-state index contributed by atoms with van der Waals surface area (Å²) in [5.74, 6) is 0. The first kappa shape index (κ1) is 10.5. The van der Waals surface area contributed by atoms with Gasteiger partial charge in [0, 0.05) is 9.91 Å². The first-order valence-corrected chi connectivity index (χ1v) is 9.06. The van der Waals surface area contributed by atoms with E-state index in [0.29, 0.717) is 0 Å². The van der Waals surface area contributed by atoms with Crippen LogP contribution in [0.5, 0.6) is 0 Å². The van der Waals surface area contributed by atoms with Crippen molar-refractivity contribution in [1.82, 2.24) is 0 Å². The lowest BCUT2D eigenvalue weighted by atomic mass is 10.4. The number of alkyl halides is 2. The van der Waals surface area contributed by atoms with E-state index in [2.05, 4.69) is 68.7 Å². The van der Waals surface area contributed by atoms with Gasteiger partial charge in [0.05, 0.1) is 0 Å². The van der Waals surface area contributed by atoms with Crippen molar-refractivity contribution in [2.45, 2.75) is 6.55 Å². The van der Waals surface area contributed by atoms with Crippen LogP contribution in [0, 0.1) is 0 Å². The van der Waals surface area contributed by atoms with Gasteiger partial charge in [-0.05, 0) is 0 Å². The Morgan fingerprint density at radius 3 is 2.00 bits per heavy atom. The lowest BCUT2D eigenvalue weighted by Crippen LogP contribution is -2.49. The monoisotopic (exact) mass is 306 g/mol. The topological polar surface area (TPSA) is 0 Å². The number of hydrogen-bond donors (Lipinski definition) is 0. The van der Waals surface area contributed by atoms with Crippen molar-refractivity contribution in [3.63, 3.8) is 0 Å². The Kier molecular flexibility index (Phi) is 4.00. The molecule has 0 unspecified atom stereocenters. The Morgan fingerprint density at radius 2 is 1.58 bits per heavy atom. The fourth-order valence-electron chi connectivity index (χ4n) is 1.03. The summed E-state index contributed by atoms with van der Waals surface area (Å²) in [7, 11) is -1.24. The SMILES string of the molecule is C[Si](CBr)(CBr)c1ccccc1. The maximum Gasteiger partial charge on any atom is 0.104 e. The van der Waals surface area contributed by atoms with Crippen LogP contribution in [0.3, 0.4) is 0 Å². The first-order chi connectivity index (χ1) is 5.73. The van der Waals surface area contributed by atoms with E-state index in [4.69, 9.17) is 0 Å². The molecule has 0 aliphatic heterocycles. The fourth-order valence-corrected chi connectivity index (χ4v) is 7.14. The molecule has 0 atom stereocenters. The van der Waals surface area contributed by atoms with E-state index in [-0.39, 0.29) is 0 Å². The van der Waals surface area contributed by atoms with E-state index >= 15 is 0 Å². The Bertz CT molecular complexity index is 232. The van der Waals surface area contributed by atoms with Crippen LogP contribution in [0.2, 0.25) is 6.55 Å². The largest absolute Gasteiger partial charge is 0.104 e. The molecule has 12 heavy (non-hydrogen) atoms. The van der Waals surface area contributed by atoms with Crippen molar-refractivity contribution in [3.8, 4) is 0 Å². The third-order valence-corrected chi connectivity index (χ3v) is 12.4. The van der Waals surface area contributed by atoms with Crippen molar-refractivity contribution in [2.75, 3.05) is 9.91 Å². The van der Waals surface area contributed by atoms with E-state index in [1.807, 2.05) is 0 Å². The lowest BCUT2D eigenvalue weighted by Gasteiger charge is -2.22. The second-order valence-electron chi connectivity index (χ2n) is 3.19. The van der Waals surface area contributed by atoms with Crippen LogP contribution in [0.25, 0.3) is 0 Å². The molecule has 0 aliphatic carbocycles. The molecule has 0 N–H and O–H groups in total. The number of hydrogen-bond acceptors (Lipinski definition) is 0. The molecule has 0 heterocycles. The molecule has 1 aromatic rings. The Hall–Kier alpha value is 0.397. The van der Waals surface area contributed by atoms with Crippen LogP contribution < -0.4 is 5.19 Å². The van der Waals surface area contributed by atoms with Gasteiger partial charge in [0.1, 0.15) is 8.07 Å². The molecular formula is C9H12Br2Si. The molecule has 0 nitrogen and oxygen atoms in total. The molecular weight excluding hydrogens is 296 g/mol. The highest BCUT2D eigenvalue weighted by Gasteiger charge is 2.26. The van der Waals surface area contributed by atoms with Crippen LogP contribution in [-0.4, -0.2) is 18.0 Å². The maximum atomic E-state index is 3.60. The summed E-state index contributed by atoms with van der Waals surface area (Å²) in [6.07, 6.45) is 0. The number of rotatable bonds is 3. The highest BCUT2D eigenvalue weighted by Crippen LogP contribution is 2.10. The van der Waals surface area contributed by atoms with Gasteiger partial charge in [0.2, 0.25) is 0 Å². The maximum absolute atomic E-state index is 3.60. The molecule has 1 rings (SSSR count). The molecule has 0 aliphatic rings. The molecule has 0 spiro atoms. The fraction of sp³-hybridized carbons (Fsp3) is 0.333. The average Bonchev–Trinajstić information content (AvgIpc) is 2.18. The zero-order valence-corrected chi connectivity index (χ0v) is 11.2. The van der Waals surface area contributed by atoms with Crippen LogP contribution in [-0.2, 0) is 0 Å². The molecule has 0 fully saturated rings. The Labute approximate surface area is 91.6 Å². The van der Waals surface area contributed by atoms with Crippen molar-refractivity contribution >= 4 is 45.1 Å². The number of benzene rings is 1. The molecule has 0 saturated carbocycles. The normalized spacial score (nSPS) is 11.6. The van der Waals surface area contributed by atoms with Crippen LogP contribution in [0.4, 0.5) is 0 Å². The first-order valence-electron chi connectivity index (χ1n) is 3.90. The zero-order valence-electron chi connectivity index (χ0n) is 7.06. The minimum Gasteiger partial charge on any atom is -0.0957 e. The van der Waals surface area contributed by atoms with Gasteiger partial charge < -0.3 is 0 Å². The third kappa shape index (κ3) is 2.21. The molecule has 66 valence electrons. The molecule has 3 heteroatoms. The lowest BCUT2D eigenvalue weighted by molar-refractivity contribution is 1.66. The highest BCUT2D eigenvalue weighted by molar-refractivity contribution is 9.10. The van der Waals surface area contributed by atoms with Crippen molar-refractivity contribution in [3.05, 3.63) is 30.3 Å². The minimum absolute atomic E-state index is 1.12. The second kappa shape index (κ2) is 4.58. The van der Waals surface area contributed by atoms with Crippen LogP contribution >= 0.6 is 31.9 Å². The molecule has 0 bridgehead atoms. The number of halogens is 2. The summed E-state index contributed by atoms with van der Waals surface area (Å²) >= 11 is 7.20. The van der Waals surface area contributed by atoms with Gasteiger partial charge in [-0.1, -0.05) is 73.9 Å². The summed E-state index contributed by atoms with van der Waals surface area (Å²) in [6.45, 7) is 2.38. The van der Waals surface area contributed by atoms with Crippen LogP contribution in [0.15, 0.2) is 30.3 Å². The van der Waals surface area contributed by atoms with Gasteiger partial charge in [-0.15, -0.1) is 0 Å². The van der Waals surface area contributed by atoms with Crippen molar-refractivity contribution in [1.29, 1.82) is 0 Å². The Balaban J connectivity index is 2.95. The summed E-state index contributed by atoms with van der Waals surface area (Å²) in [5, 5.41) is 1.51. The highest BCUT2D eigenvalue weighted by atomic mass is 79.9. The average molecular weight is 308 g/mol. The van der Waals surface area contributed by atoms with E-state index < -0.39 is 8.07 Å².